The fourth-order valence-corrected chi connectivity index (χ4v) is 2.02. The lowest BCUT2D eigenvalue weighted by molar-refractivity contribution is -0.143. The minimum atomic E-state index is -0.564. The molecule has 18 heavy (non-hydrogen) atoms. The highest BCUT2D eigenvalue weighted by atomic mass is 32.1. The number of aryl methyl sites for hydroxylation is 1. The molecule has 1 aromatic rings. The standard InChI is InChI=1S/C10H15N5O2S/c1-7-14-8(6-18-7)9(10(16)17-2)12-4-3-5-13-15-11/h6,9,12H,3-5H2,1-2H3. The minimum Gasteiger partial charge on any atom is -0.468 e. The number of rotatable bonds is 7. The molecule has 1 heterocycles. The van der Waals surface area contributed by atoms with Crippen LogP contribution in [-0.2, 0) is 9.53 Å². The predicted octanol–water partition coefficient (Wildman–Crippen LogP) is 1.96. The maximum atomic E-state index is 11.6. The second-order valence-electron chi connectivity index (χ2n) is 3.51. The first-order valence-corrected chi connectivity index (χ1v) is 6.31. The Bertz CT molecular complexity index is 441. The summed E-state index contributed by atoms with van der Waals surface area (Å²) in [5.41, 5.74) is 8.80. The maximum absolute atomic E-state index is 11.6. The highest BCUT2D eigenvalue weighted by Gasteiger charge is 2.22. The van der Waals surface area contributed by atoms with Crippen molar-refractivity contribution in [2.24, 2.45) is 5.11 Å². The molecular weight excluding hydrogens is 254 g/mol. The molecule has 1 aromatic heterocycles. The molecule has 0 saturated carbocycles. The number of carbonyl (C=O) groups is 1. The van der Waals surface area contributed by atoms with E-state index in [0.29, 0.717) is 25.2 Å². The molecule has 0 amide bonds. The van der Waals surface area contributed by atoms with E-state index in [1.807, 2.05) is 12.3 Å². The Kier molecular flexibility index (Phi) is 6.13. The Morgan fingerprint density at radius 1 is 1.78 bits per heavy atom. The predicted molar refractivity (Wildman–Crippen MR) is 68.2 cm³/mol. The topological polar surface area (TPSA) is 100.0 Å². The summed E-state index contributed by atoms with van der Waals surface area (Å²) in [6.07, 6.45) is 0.653. The molecule has 1 N–H and O–H groups in total. The summed E-state index contributed by atoms with van der Waals surface area (Å²) in [5.74, 6) is -0.371. The molecule has 0 bridgehead atoms. The zero-order valence-corrected chi connectivity index (χ0v) is 11.1. The van der Waals surface area contributed by atoms with E-state index in [9.17, 15) is 4.79 Å². The number of carbonyl (C=O) groups excluding carboxylic acids is 1. The van der Waals surface area contributed by atoms with Crippen molar-refractivity contribution in [3.8, 4) is 0 Å². The number of thiazole rings is 1. The van der Waals surface area contributed by atoms with Crippen LogP contribution in [0.25, 0.3) is 10.4 Å². The molecule has 0 aromatic carbocycles. The van der Waals surface area contributed by atoms with Gasteiger partial charge < -0.3 is 4.74 Å². The van der Waals surface area contributed by atoms with E-state index >= 15 is 0 Å². The molecule has 1 rings (SSSR count). The number of azide groups is 1. The van der Waals surface area contributed by atoms with E-state index in [-0.39, 0.29) is 5.97 Å². The van der Waals surface area contributed by atoms with Crippen molar-refractivity contribution >= 4 is 17.3 Å². The molecule has 8 heteroatoms. The van der Waals surface area contributed by atoms with Crippen molar-refractivity contribution < 1.29 is 9.53 Å². The molecule has 7 nitrogen and oxygen atoms in total. The third-order valence-electron chi connectivity index (χ3n) is 2.22. The van der Waals surface area contributed by atoms with Crippen LogP contribution in [0.15, 0.2) is 10.5 Å². The van der Waals surface area contributed by atoms with Crippen LogP contribution in [0.5, 0.6) is 0 Å². The van der Waals surface area contributed by atoms with Gasteiger partial charge in [-0.05, 0) is 25.4 Å². The lowest BCUT2D eigenvalue weighted by Crippen LogP contribution is -2.31. The monoisotopic (exact) mass is 269 g/mol. The zero-order valence-electron chi connectivity index (χ0n) is 10.3. The Morgan fingerprint density at radius 3 is 3.11 bits per heavy atom. The highest BCUT2D eigenvalue weighted by molar-refractivity contribution is 7.09. The number of nitrogens with one attached hydrogen (secondary N) is 1. The van der Waals surface area contributed by atoms with Gasteiger partial charge in [0.15, 0.2) is 0 Å². The third-order valence-corrected chi connectivity index (χ3v) is 3.01. The number of nitrogens with zero attached hydrogens (tertiary/aromatic N) is 4. The van der Waals surface area contributed by atoms with Gasteiger partial charge in [-0.3, -0.25) is 5.32 Å². The van der Waals surface area contributed by atoms with Crippen LogP contribution in [0.1, 0.15) is 23.2 Å². The van der Waals surface area contributed by atoms with Gasteiger partial charge in [0.25, 0.3) is 0 Å². The van der Waals surface area contributed by atoms with Crippen molar-refractivity contribution in [1.82, 2.24) is 10.3 Å². The first-order chi connectivity index (χ1) is 8.69. The van der Waals surface area contributed by atoms with Crippen LogP contribution >= 0.6 is 11.3 Å². The number of hydrogen-bond acceptors (Lipinski definition) is 6. The second kappa shape index (κ2) is 7.65. The van der Waals surface area contributed by atoms with E-state index in [1.54, 1.807) is 0 Å². The fourth-order valence-electron chi connectivity index (χ4n) is 1.38. The molecule has 1 unspecified atom stereocenters. The smallest absolute Gasteiger partial charge is 0.329 e. The molecule has 0 aliphatic rings. The number of ether oxygens (including phenoxy) is 1. The molecule has 0 spiro atoms. The van der Waals surface area contributed by atoms with Crippen LogP contribution in [0.4, 0.5) is 0 Å². The lowest BCUT2D eigenvalue weighted by Gasteiger charge is -2.13. The van der Waals surface area contributed by atoms with Gasteiger partial charge in [0.1, 0.15) is 6.04 Å². The van der Waals surface area contributed by atoms with Crippen molar-refractivity contribution in [1.29, 1.82) is 0 Å². The highest BCUT2D eigenvalue weighted by Crippen LogP contribution is 2.17. The van der Waals surface area contributed by atoms with E-state index in [1.165, 1.54) is 18.4 Å². The van der Waals surface area contributed by atoms with Crippen LogP contribution in [-0.4, -0.2) is 31.2 Å². The summed E-state index contributed by atoms with van der Waals surface area (Å²) in [7, 11) is 1.34. The Hall–Kier alpha value is -1.63. The molecule has 0 radical (unpaired) electrons. The number of methoxy groups -OCH3 is 1. The van der Waals surface area contributed by atoms with Gasteiger partial charge in [0.05, 0.1) is 17.8 Å². The maximum Gasteiger partial charge on any atom is 0.329 e. The van der Waals surface area contributed by atoms with Gasteiger partial charge in [-0.25, -0.2) is 9.78 Å². The molecule has 0 fully saturated rings. The zero-order chi connectivity index (χ0) is 13.4. The summed E-state index contributed by atoms with van der Waals surface area (Å²) < 4.78 is 4.74. The molecule has 0 aliphatic carbocycles. The third kappa shape index (κ3) is 4.33. The molecule has 0 saturated heterocycles. The van der Waals surface area contributed by atoms with Gasteiger partial charge in [-0.1, -0.05) is 5.11 Å². The Morgan fingerprint density at radius 2 is 2.56 bits per heavy atom. The summed E-state index contributed by atoms with van der Waals surface area (Å²) in [5, 5.41) is 9.20. The SMILES string of the molecule is COC(=O)C(NCCCN=[N+]=[N-])c1csc(C)n1. The van der Waals surface area contributed by atoms with E-state index < -0.39 is 6.04 Å². The lowest BCUT2D eigenvalue weighted by atomic mass is 10.2. The van der Waals surface area contributed by atoms with Crippen molar-refractivity contribution in [2.75, 3.05) is 20.2 Å². The summed E-state index contributed by atoms with van der Waals surface area (Å²) in [6.45, 7) is 2.83. The van der Waals surface area contributed by atoms with Crippen molar-refractivity contribution in [3.63, 3.8) is 0 Å². The largest absolute Gasteiger partial charge is 0.468 e. The van der Waals surface area contributed by atoms with Gasteiger partial charge >= 0.3 is 5.97 Å². The normalized spacial score (nSPS) is 11.7. The number of hydrogen-bond donors (Lipinski definition) is 1. The van der Waals surface area contributed by atoms with Gasteiger partial charge in [-0.15, -0.1) is 11.3 Å². The summed E-state index contributed by atoms with van der Waals surface area (Å²) in [6, 6.07) is -0.564. The fraction of sp³-hybridized carbons (Fsp3) is 0.600. The Balaban J connectivity index is 2.57. The molecule has 1 atom stereocenters. The van der Waals surface area contributed by atoms with Crippen LogP contribution in [0.3, 0.4) is 0 Å². The average Bonchev–Trinajstić information content (AvgIpc) is 2.79. The summed E-state index contributed by atoms with van der Waals surface area (Å²) in [4.78, 5) is 18.6. The first-order valence-electron chi connectivity index (χ1n) is 5.43. The van der Waals surface area contributed by atoms with E-state index in [2.05, 4.69) is 20.3 Å². The molecule has 0 aliphatic heterocycles. The second-order valence-corrected chi connectivity index (χ2v) is 4.57. The summed E-state index contributed by atoms with van der Waals surface area (Å²) >= 11 is 1.48. The van der Waals surface area contributed by atoms with Crippen LogP contribution < -0.4 is 5.32 Å². The quantitative estimate of drug-likeness (QED) is 0.269. The minimum absolute atomic E-state index is 0.371. The van der Waals surface area contributed by atoms with E-state index in [4.69, 9.17) is 10.3 Å². The number of aromatic nitrogens is 1. The van der Waals surface area contributed by atoms with Crippen LogP contribution in [0.2, 0.25) is 0 Å². The van der Waals surface area contributed by atoms with E-state index in [0.717, 1.165) is 5.01 Å². The number of esters is 1. The van der Waals surface area contributed by atoms with Crippen molar-refractivity contribution in [3.05, 3.63) is 26.5 Å². The Labute approximate surface area is 109 Å². The average molecular weight is 269 g/mol. The first kappa shape index (κ1) is 14.4. The van der Waals surface area contributed by atoms with Gasteiger partial charge in [0, 0.05) is 16.8 Å². The van der Waals surface area contributed by atoms with Crippen molar-refractivity contribution in [2.45, 2.75) is 19.4 Å². The van der Waals surface area contributed by atoms with Crippen LogP contribution in [0, 0.1) is 6.92 Å². The van der Waals surface area contributed by atoms with Gasteiger partial charge in [0.2, 0.25) is 0 Å². The van der Waals surface area contributed by atoms with Gasteiger partial charge in [-0.2, -0.15) is 0 Å². The molecular formula is C10H15N5O2S. The molecule has 98 valence electrons.